The lowest BCUT2D eigenvalue weighted by Gasteiger charge is -2.31. The van der Waals surface area contributed by atoms with Crippen molar-refractivity contribution in [2.24, 2.45) is 5.92 Å². The Morgan fingerprint density at radius 3 is 2.88 bits per heavy atom. The molecule has 1 saturated heterocycles. The normalized spacial score (nSPS) is 18.2. The van der Waals surface area contributed by atoms with Crippen molar-refractivity contribution in [3.63, 3.8) is 0 Å². The molecule has 2 rings (SSSR count). The summed E-state index contributed by atoms with van der Waals surface area (Å²) in [6.07, 6.45) is 3.92. The first-order chi connectivity index (χ1) is 8.33. The molecule has 4 nitrogen and oxygen atoms in total. The Labute approximate surface area is 102 Å². The predicted molar refractivity (Wildman–Crippen MR) is 65.9 cm³/mol. The van der Waals surface area contributed by atoms with Gasteiger partial charge in [-0.05, 0) is 37.9 Å². The molecule has 0 amide bonds. The number of hydrogen-bond acceptors (Lipinski definition) is 4. The fourth-order valence-corrected chi connectivity index (χ4v) is 2.30. The zero-order chi connectivity index (χ0) is 12.1. The summed E-state index contributed by atoms with van der Waals surface area (Å²) >= 11 is 0. The van der Waals surface area contributed by atoms with Crippen molar-refractivity contribution in [1.82, 2.24) is 9.88 Å². The van der Waals surface area contributed by atoms with Crippen molar-refractivity contribution < 1.29 is 9.84 Å². The molecule has 1 fully saturated rings. The lowest BCUT2D eigenvalue weighted by Crippen LogP contribution is -2.34. The standard InChI is InChI=1S/C13H20N2O2/c1-17-13-12(3-2-6-14-13)9-15-7-4-11(10-16)5-8-15/h2-3,6,11,16H,4-5,7-10H2,1H3. The fraction of sp³-hybridized carbons (Fsp3) is 0.615. The van der Waals surface area contributed by atoms with Gasteiger partial charge in [-0.25, -0.2) is 4.98 Å². The minimum Gasteiger partial charge on any atom is -0.481 e. The summed E-state index contributed by atoms with van der Waals surface area (Å²) in [4.78, 5) is 6.60. The van der Waals surface area contributed by atoms with Crippen LogP contribution >= 0.6 is 0 Å². The molecule has 1 N–H and O–H groups in total. The van der Waals surface area contributed by atoms with E-state index in [1.165, 1.54) is 0 Å². The summed E-state index contributed by atoms with van der Waals surface area (Å²) in [5.74, 6) is 1.21. The fourth-order valence-electron chi connectivity index (χ4n) is 2.30. The largest absolute Gasteiger partial charge is 0.481 e. The maximum Gasteiger partial charge on any atom is 0.217 e. The molecule has 0 aromatic carbocycles. The molecule has 0 radical (unpaired) electrons. The van der Waals surface area contributed by atoms with Crippen LogP contribution in [0.4, 0.5) is 0 Å². The number of aliphatic hydroxyl groups is 1. The van der Waals surface area contributed by atoms with Crippen LogP contribution < -0.4 is 4.74 Å². The molecule has 1 aromatic rings. The molecule has 0 spiro atoms. The quantitative estimate of drug-likeness (QED) is 0.855. The van der Waals surface area contributed by atoms with Crippen LogP contribution in [0.25, 0.3) is 0 Å². The molecule has 1 aliphatic heterocycles. The Kier molecular flexibility index (Phi) is 4.34. The molecule has 0 aliphatic carbocycles. The number of hydrogen-bond donors (Lipinski definition) is 1. The Morgan fingerprint density at radius 1 is 1.47 bits per heavy atom. The lowest BCUT2D eigenvalue weighted by molar-refractivity contribution is 0.126. The molecule has 17 heavy (non-hydrogen) atoms. The SMILES string of the molecule is COc1ncccc1CN1CCC(CO)CC1. The highest BCUT2D eigenvalue weighted by Gasteiger charge is 2.19. The molecule has 0 saturated carbocycles. The van der Waals surface area contributed by atoms with Gasteiger partial charge in [-0.1, -0.05) is 6.07 Å². The molecule has 1 aliphatic rings. The van der Waals surface area contributed by atoms with Gasteiger partial charge in [0.2, 0.25) is 5.88 Å². The van der Waals surface area contributed by atoms with Crippen LogP contribution in [0.15, 0.2) is 18.3 Å². The van der Waals surface area contributed by atoms with E-state index in [1.807, 2.05) is 6.07 Å². The number of ether oxygens (including phenoxy) is 1. The number of piperidine rings is 1. The first kappa shape index (κ1) is 12.3. The van der Waals surface area contributed by atoms with E-state index in [4.69, 9.17) is 9.84 Å². The number of likely N-dealkylation sites (tertiary alicyclic amines) is 1. The average Bonchev–Trinajstić information content (AvgIpc) is 2.40. The van der Waals surface area contributed by atoms with Gasteiger partial charge in [-0.2, -0.15) is 0 Å². The Balaban J connectivity index is 1.93. The summed E-state index contributed by atoms with van der Waals surface area (Å²) in [5, 5.41) is 9.10. The van der Waals surface area contributed by atoms with Crippen LogP contribution in [0.2, 0.25) is 0 Å². The van der Waals surface area contributed by atoms with Gasteiger partial charge in [-0.15, -0.1) is 0 Å². The summed E-state index contributed by atoms with van der Waals surface area (Å²) < 4.78 is 5.25. The lowest BCUT2D eigenvalue weighted by atomic mass is 9.97. The number of nitrogens with zero attached hydrogens (tertiary/aromatic N) is 2. The van der Waals surface area contributed by atoms with Gasteiger partial charge in [0, 0.05) is 24.9 Å². The second-order valence-corrected chi connectivity index (χ2v) is 4.57. The zero-order valence-corrected chi connectivity index (χ0v) is 10.3. The highest BCUT2D eigenvalue weighted by molar-refractivity contribution is 5.25. The van der Waals surface area contributed by atoms with E-state index in [0.29, 0.717) is 12.5 Å². The highest BCUT2D eigenvalue weighted by Crippen LogP contribution is 2.21. The number of aromatic nitrogens is 1. The van der Waals surface area contributed by atoms with Crippen molar-refractivity contribution in [2.75, 3.05) is 26.8 Å². The molecule has 0 unspecified atom stereocenters. The van der Waals surface area contributed by atoms with Gasteiger partial charge in [0.05, 0.1) is 7.11 Å². The van der Waals surface area contributed by atoms with Crippen LogP contribution in [0.1, 0.15) is 18.4 Å². The number of aliphatic hydroxyl groups excluding tert-OH is 1. The van der Waals surface area contributed by atoms with Crippen molar-refractivity contribution in [1.29, 1.82) is 0 Å². The molecule has 1 aromatic heterocycles. The summed E-state index contributed by atoms with van der Waals surface area (Å²) in [6, 6.07) is 4.00. The van der Waals surface area contributed by atoms with Gasteiger partial charge >= 0.3 is 0 Å². The third-order valence-electron chi connectivity index (χ3n) is 3.40. The first-order valence-electron chi connectivity index (χ1n) is 6.14. The van der Waals surface area contributed by atoms with Crippen LogP contribution in [0, 0.1) is 5.92 Å². The Morgan fingerprint density at radius 2 is 2.24 bits per heavy atom. The second kappa shape index (κ2) is 5.98. The third kappa shape index (κ3) is 3.17. The van der Waals surface area contributed by atoms with Gasteiger partial charge in [-0.3, -0.25) is 4.90 Å². The minimum atomic E-state index is 0.323. The monoisotopic (exact) mass is 236 g/mol. The van der Waals surface area contributed by atoms with Crippen LogP contribution in [0.3, 0.4) is 0 Å². The van der Waals surface area contributed by atoms with E-state index in [9.17, 15) is 0 Å². The molecular formula is C13H20N2O2. The minimum absolute atomic E-state index is 0.323. The maximum atomic E-state index is 9.10. The van der Waals surface area contributed by atoms with Gasteiger partial charge in [0.25, 0.3) is 0 Å². The summed E-state index contributed by atoms with van der Waals surface area (Å²) in [6.45, 7) is 3.30. The highest BCUT2D eigenvalue weighted by atomic mass is 16.5. The van der Waals surface area contributed by atoms with E-state index < -0.39 is 0 Å². The van der Waals surface area contributed by atoms with Crippen LogP contribution in [-0.2, 0) is 6.54 Å². The van der Waals surface area contributed by atoms with E-state index >= 15 is 0 Å². The van der Waals surface area contributed by atoms with Gasteiger partial charge in [0.15, 0.2) is 0 Å². The van der Waals surface area contributed by atoms with Crippen LogP contribution in [0.5, 0.6) is 5.88 Å². The topological polar surface area (TPSA) is 45.6 Å². The maximum absolute atomic E-state index is 9.10. The van der Waals surface area contributed by atoms with E-state index in [-0.39, 0.29) is 0 Å². The van der Waals surface area contributed by atoms with Gasteiger partial charge < -0.3 is 9.84 Å². The van der Waals surface area contributed by atoms with E-state index in [1.54, 1.807) is 13.3 Å². The van der Waals surface area contributed by atoms with Crippen LogP contribution in [-0.4, -0.2) is 41.8 Å². The van der Waals surface area contributed by atoms with Crippen molar-refractivity contribution >= 4 is 0 Å². The number of methoxy groups -OCH3 is 1. The molecule has 4 heteroatoms. The Hall–Kier alpha value is -1.13. The smallest absolute Gasteiger partial charge is 0.217 e. The summed E-state index contributed by atoms with van der Waals surface area (Å²) in [5.41, 5.74) is 1.14. The number of pyridine rings is 1. The molecule has 2 heterocycles. The van der Waals surface area contributed by atoms with Crippen molar-refractivity contribution in [3.05, 3.63) is 23.9 Å². The van der Waals surface area contributed by atoms with Crippen molar-refractivity contribution in [3.8, 4) is 5.88 Å². The molecule has 0 atom stereocenters. The number of rotatable bonds is 4. The first-order valence-corrected chi connectivity index (χ1v) is 6.14. The summed E-state index contributed by atoms with van der Waals surface area (Å²) in [7, 11) is 1.66. The molecule has 94 valence electrons. The van der Waals surface area contributed by atoms with E-state index in [2.05, 4.69) is 16.0 Å². The Bertz CT molecular complexity index is 349. The third-order valence-corrected chi connectivity index (χ3v) is 3.40. The zero-order valence-electron chi connectivity index (χ0n) is 10.3. The van der Waals surface area contributed by atoms with Crippen molar-refractivity contribution in [2.45, 2.75) is 19.4 Å². The molecule has 0 bridgehead atoms. The predicted octanol–water partition coefficient (Wildman–Crippen LogP) is 1.29. The second-order valence-electron chi connectivity index (χ2n) is 4.57. The van der Waals surface area contributed by atoms with Gasteiger partial charge in [0.1, 0.15) is 0 Å². The molecular weight excluding hydrogens is 216 g/mol. The average molecular weight is 236 g/mol. The van der Waals surface area contributed by atoms with E-state index in [0.717, 1.165) is 43.9 Å².